The fraction of sp³-hybridized carbons (Fsp3) is 0.533. The van der Waals surface area contributed by atoms with Crippen LogP contribution in [0.1, 0.15) is 12.8 Å². The molecule has 0 bridgehead atoms. The monoisotopic (exact) mass is 342 g/mol. The van der Waals surface area contributed by atoms with Crippen molar-refractivity contribution >= 4 is 17.9 Å². The summed E-state index contributed by atoms with van der Waals surface area (Å²) in [6.07, 6.45) is -0.923. The minimum Gasteiger partial charge on any atom is -0.509 e. The van der Waals surface area contributed by atoms with Crippen LogP contribution in [0, 0.1) is 0 Å². The molecule has 2 saturated heterocycles. The molecule has 2 heterocycles. The number of fused-ring (bicyclic) bond motifs is 1. The topological polar surface area (TPSA) is 129 Å². The highest BCUT2D eigenvalue weighted by atomic mass is 16.7. The van der Waals surface area contributed by atoms with Gasteiger partial charge in [0, 0.05) is 6.08 Å². The maximum Gasteiger partial charge on any atom is 0.331 e. The Labute approximate surface area is 137 Å². The van der Waals surface area contributed by atoms with Gasteiger partial charge >= 0.3 is 17.9 Å². The van der Waals surface area contributed by atoms with Gasteiger partial charge in [0.05, 0.1) is 26.1 Å². The molecule has 2 aliphatic heterocycles. The van der Waals surface area contributed by atoms with Crippen LogP contribution in [0.2, 0.25) is 0 Å². The SMILES string of the molecule is C=C(O)C=CC(=O)O[C@@H]1CO[C@H]2[C@@H]1OC[C@H]2OC(=O)CCC(=O)O. The van der Waals surface area contributed by atoms with Crippen LogP contribution in [-0.2, 0) is 33.3 Å². The minimum atomic E-state index is -1.09. The smallest absolute Gasteiger partial charge is 0.331 e. The van der Waals surface area contributed by atoms with Crippen molar-refractivity contribution in [2.24, 2.45) is 0 Å². The van der Waals surface area contributed by atoms with Gasteiger partial charge in [0.1, 0.15) is 18.0 Å². The van der Waals surface area contributed by atoms with E-state index in [0.29, 0.717) is 0 Å². The number of aliphatic hydroxyl groups excluding tert-OH is 1. The van der Waals surface area contributed by atoms with E-state index in [-0.39, 0.29) is 31.8 Å². The van der Waals surface area contributed by atoms with E-state index >= 15 is 0 Å². The molecule has 0 aromatic heterocycles. The summed E-state index contributed by atoms with van der Waals surface area (Å²) in [5.41, 5.74) is 0. The highest BCUT2D eigenvalue weighted by Crippen LogP contribution is 2.30. The lowest BCUT2D eigenvalue weighted by Gasteiger charge is -2.16. The van der Waals surface area contributed by atoms with Crippen molar-refractivity contribution in [3.8, 4) is 0 Å². The molecule has 0 radical (unpaired) electrons. The van der Waals surface area contributed by atoms with E-state index in [4.69, 9.17) is 29.2 Å². The third kappa shape index (κ3) is 4.80. The Morgan fingerprint density at radius 2 is 1.58 bits per heavy atom. The molecule has 24 heavy (non-hydrogen) atoms. The van der Waals surface area contributed by atoms with Crippen molar-refractivity contribution in [3.63, 3.8) is 0 Å². The number of aliphatic hydroxyl groups is 1. The largest absolute Gasteiger partial charge is 0.509 e. The highest BCUT2D eigenvalue weighted by Gasteiger charge is 2.51. The molecular formula is C15H18O9. The van der Waals surface area contributed by atoms with Crippen LogP contribution >= 0.6 is 0 Å². The van der Waals surface area contributed by atoms with Crippen LogP contribution in [0.4, 0.5) is 0 Å². The molecule has 2 N–H and O–H groups in total. The van der Waals surface area contributed by atoms with Gasteiger partial charge in [0.2, 0.25) is 0 Å². The zero-order chi connectivity index (χ0) is 17.7. The molecule has 0 amide bonds. The lowest BCUT2D eigenvalue weighted by Crippen LogP contribution is -2.35. The Kier molecular flexibility index (Phi) is 5.93. The fourth-order valence-electron chi connectivity index (χ4n) is 2.42. The van der Waals surface area contributed by atoms with Crippen molar-refractivity contribution in [2.75, 3.05) is 13.2 Å². The molecule has 9 heteroatoms. The second-order valence-electron chi connectivity index (χ2n) is 5.32. The predicted molar refractivity (Wildman–Crippen MR) is 77.0 cm³/mol. The van der Waals surface area contributed by atoms with Crippen LogP contribution in [0.3, 0.4) is 0 Å². The number of ether oxygens (including phenoxy) is 4. The summed E-state index contributed by atoms with van der Waals surface area (Å²) in [7, 11) is 0. The number of carboxylic acids is 1. The van der Waals surface area contributed by atoms with E-state index in [2.05, 4.69) is 6.58 Å². The maximum atomic E-state index is 11.6. The number of aliphatic carboxylic acids is 1. The number of carboxylic acid groups (broad SMARTS) is 1. The molecule has 0 saturated carbocycles. The average Bonchev–Trinajstić information content (AvgIpc) is 3.07. The van der Waals surface area contributed by atoms with Crippen LogP contribution in [-0.4, -0.2) is 65.8 Å². The van der Waals surface area contributed by atoms with Crippen LogP contribution in [0.25, 0.3) is 0 Å². The second kappa shape index (κ2) is 7.93. The van der Waals surface area contributed by atoms with Gasteiger partial charge in [-0.15, -0.1) is 0 Å². The van der Waals surface area contributed by atoms with Crippen LogP contribution in [0.15, 0.2) is 24.5 Å². The van der Waals surface area contributed by atoms with Crippen molar-refractivity contribution in [1.29, 1.82) is 0 Å². The van der Waals surface area contributed by atoms with Gasteiger partial charge < -0.3 is 29.2 Å². The second-order valence-corrected chi connectivity index (χ2v) is 5.32. The van der Waals surface area contributed by atoms with Gasteiger partial charge in [0.25, 0.3) is 0 Å². The number of allylic oxidation sites excluding steroid dienone is 1. The van der Waals surface area contributed by atoms with Crippen molar-refractivity contribution < 1.29 is 43.5 Å². The van der Waals surface area contributed by atoms with E-state index in [1.54, 1.807) is 0 Å². The first kappa shape index (κ1) is 18.0. The van der Waals surface area contributed by atoms with Gasteiger partial charge in [-0.2, -0.15) is 0 Å². The molecule has 0 aliphatic carbocycles. The first-order chi connectivity index (χ1) is 11.4. The molecule has 9 nitrogen and oxygen atoms in total. The van der Waals surface area contributed by atoms with Crippen molar-refractivity contribution in [2.45, 2.75) is 37.3 Å². The first-order valence-electron chi connectivity index (χ1n) is 7.28. The van der Waals surface area contributed by atoms with E-state index in [1.165, 1.54) is 0 Å². The van der Waals surface area contributed by atoms with E-state index in [9.17, 15) is 14.4 Å². The maximum absolute atomic E-state index is 11.6. The standard InChI is InChI=1S/C15H18O9/c1-8(16)2-4-12(19)23-9-6-21-15-10(7-22-14(9)15)24-13(20)5-3-11(17)18/h2,4,9-10,14-16H,1,3,5-7H2,(H,17,18)/t9-,10-,14-,15-/m1/s1. The zero-order valence-corrected chi connectivity index (χ0v) is 12.8. The molecule has 2 aliphatic rings. The summed E-state index contributed by atoms with van der Waals surface area (Å²) in [5, 5.41) is 17.4. The predicted octanol–water partition coefficient (Wildman–Crippen LogP) is 0.100. The van der Waals surface area contributed by atoms with Gasteiger partial charge in [-0.25, -0.2) is 4.79 Å². The molecule has 2 rings (SSSR count). The number of hydrogen-bond acceptors (Lipinski definition) is 8. The quantitative estimate of drug-likeness (QED) is 0.286. The fourth-order valence-corrected chi connectivity index (χ4v) is 2.42. The summed E-state index contributed by atoms with van der Waals surface area (Å²) in [6, 6.07) is 0. The van der Waals surface area contributed by atoms with Crippen LogP contribution in [0.5, 0.6) is 0 Å². The van der Waals surface area contributed by atoms with E-state index in [1.807, 2.05) is 0 Å². The normalized spacial score (nSPS) is 28.5. The third-order valence-corrected chi connectivity index (χ3v) is 3.47. The van der Waals surface area contributed by atoms with Gasteiger partial charge in [-0.3, -0.25) is 9.59 Å². The number of hydrogen-bond donors (Lipinski definition) is 2. The molecule has 132 valence electrons. The molecular weight excluding hydrogens is 324 g/mol. The van der Waals surface area contributed by atoms with Crippen molar-refractivity contribution in [3.05, 3.63) is 24.5 Å². The number of carbonyl (C=O) groups is 3. The van der Waals surface area contributed by atoms with Crippen molar-refractivity contribution in [1.82, 2.24) is 0 Å². The third-order valence-electron chi connectivity index (χ3n) is 3.47. The number of esters is 2. The van der Waals surface area contributed by atoms with E-state index < -0.39 is 42.3 Å². The molecule has 0 spiro atoms. The Balaban J connectivity index is 1.83. The summed E-state index contributed by atoms with van der Waals surface area (Å²) < 4.78 is 21.3. The summed E-state index contributed by atoms with van der Waals surface area (Å²) in [4.78, 5) is 33.6. The van der Waals surface area contributed by atoms with Crippen LogP contribution < -0.4 is 0 Å². The van der Waals surface area contributed by atoms with Gasteiger partial charge in [-0.1, -0.05) is 6.58 Å². The summed E-state index contributed by atoms with van der Waals surface area (Å²) >= 11 is 0. The summed E-state index contributed by atoms with van der Waals surface area (Å²) in [6.45, 7) is 3.36. The van der Waals surface area contributed by atoms with Gasteiger partial charge in [0.15, 0.2) is 12.2 Å². The number of carbonyl (C=O) groups excluding carboxylic acids is 2. The Hall–Kier alpha value is -2.39. The Morgan fingerprint density at radius 1 is 1.00 bits per heavy atom. The summed E-state index contributed by atoms with van der Waals surface area (Å²) in [5.74, 6) is -2.71. The lowest BCUT2D eigenvalue weighted by molar-refractivity contribution is -0.156. The average molecular weight is 342 g/mol. The van der Waals surface area contributed by atoms with E-state index in [0.717, 1.165) is 12.2 Å². The lowest BCUT2D eigenvalue weighted by atomic mass is 10.1. The molecule has 0 aromatic carbocycles. The zero-order valence-electron chi connectivity index (χ0n) is 12.8. The molecule has 2 fully saturated rings. The molecule has 0 unspecified atom stereocenters. The minimum absolute atomic E-state index is 0.0749. The molecule has 0 aromatic rings. The van der Waals surface area contributed by atoms with Gasteiger partial charge in [-0.05, 0) is 6.08 Å². The molecule has 4 atom stereocenters. The Morgan fingerprint density at radius 3 is 2.12 bits per heavy atom. The first-order valence-corrected chi connectivity index (χ1v) is 7.28. The highest BCUT2D eigenvalue weighted by molar-refractivity contribution is 5.82. The number of rotatable bonds is 7. The Bertz CT molecular complexity index is 553.